The Labute approximate surface area is 147 Å². The molecule has 2 N–H and O–H groups in total. The van der Waals surface area contributed by atoms with Gasteiger partial charge in [0, 0.05) is 12.7 Å². The summed E-state index contributed by atoms with van der Waals surface area (Å²) in [4.78, 5) is 37.7. The number of nitrogens with zero attached hydrogens (tertiary/aromatic N) is 2. The number of aromatic nitrogens is 1. The maximum absolute atomic E-state index is 12.7. The van der Waals surface area contributed by atoms with Crippen molar-refractivity contribution >= 4 is 11.9 Å². The molecule has 134 valence electrons. The normalized spacial score (nSPS) is 21.4. The van der Waals surface area contributed by atoms with Gasteiger partial charge in [-0.25, -0.2) is 4.79 Å². The average Bonchev–Trinajstić information content (AvgIpc) is 3.11. The Morgan fingerprint density at radius 2 is 1.96 bits per heavy atom. The monoisotopic (exact) mass is 356 g/mol. The van der Waals surface area contributed by atoms with Crippen molar-refractivity contribution in [2.24, 2.45) is 0 Å². The predicted molar refractivity (Wildman–Crippen MR) is 89.3 cm³/mol. The quantitative estimate of drug-likeness (QED) is 0.844. The number of aromatic carboxylic acids is 1. The Kier molecular flexibility index (Phi) is 3.77. The summed E-state index contributed by atoms with van der Waals surface area (Å²) in [6, 6.07) is 9.00. The number of carboxylic acid groups (broad SMARTS) is 1. The zero-order chi connectivity index (χ0) is 18.4. The van der Waals surface area contributed by atoms with Crippen molar-refractivity contribution in [3.05, 3.63) is 63.6 Å². The minimum absolute atomic E-state index is 0.192. The van der Waals surface area contributed by atoms with Gasteiger partial charge < -0.3 is 24.4 Å². The van der Waals surface area contributed by atoms with Gasteiger partial charge >= 0.3 is 5.97 Å². The highest BCUT2D eigenvalue weighted by Gasteiger charge is 2.45. The first-order valence-electron chi connectivity index (χ1n) is 8.17. The van der Waals surface area contributed by atoms with Crippen LogP contribution < -0.4 is 5.43 Å². The van der Waals surface area contributed by atoms with E-state index in [4.69, 9.17) is 4.74 Å². The molecule has 1 fully saturated rings. The number of hydrogen-bond acceptors (Lipinski definition) is 5. The van der Waals surface area contributed by atoms with E-state index in [1.165, 1.54) is 9.47 Å². The lowest BCUT2D eigenvalue weighted by Gasteiger charge is -2.38. The molecule has 4 rings (SSSR count). The number of benzene rings is 1. The number of carbonyl (C=O) groups is 2. The average molecular weight is 356 g/mol. The summed E-state index contributed by atoms with van der Waals surface area (Å²) in [6.45, 7) is 0.691. The summed E-state index contributed by atoms with van der Waals surface area (Å²) in [5.41, 5.74) is -0.872. The van der Waals surface area contributed by atoms with Gasteiger partial charge in [-0.1, -0.05) is 30.3 Å². The molecule has 1 unspecified atom stereocenters. The highest BCUT2D eigenvalue weighted by molar-refractivity contribution is 5.98. The third-order valence-corrected chi connectivity index (χ3v) is 4.81. The van der Waals surface area contributed by atoms with Gasteiger partial charge in [0.25, 0.3) is 5.91 Å². The van der Waals surface area contributed by atoms with Crippen LogP contribution in [0.4, 0.5) is 0 Å². The van der Waals surface area contributed by atoms with E-state index in [0.29, 0.717) is 19.6 Å². The van der Waals surface area contributed by atoms with Gasteiger partial charge in [0.2, 0.25) is 5.43 Å². The number of ether oxygens (including phenoxy) is 1. The second-order valence-electron chi connectivity index (χ2n) is 6.30. The summed E-state index contributed by atoms with van der Waals surface area (Å²) < 4.78 is 7.09. The van der Waals surface area contributed by atoms with Gasteiger partial charge in [0.15, 0.2) is 17.7 Å². The summed E-state index contributed by atoms with van der Waals surface area (Å²) in [5.74, 6) is -2.83. The standard InChI is InChI=1S/C18H16N2O6/c21-14-11(18(24)25)9-20-12(8-10-4-2-1-3-5-10)17-19(6-7-26-17)16(23)13(20)15(14)22/h1-5,9,12,17,22H,6-8H2,(H,24,25)/t12-,17?/m0/s1. The highest BCUT2D eigenvalue weighted by atomic mass is 16.5. The van der Waals surface area contributed by atoms with E-state index >= 15 is 0 Å². The van der Waals surface area contributed by atoms with Crippen molar-refractivity contribution in [3.8, 4) is 5.75 Å². The van der Waals surface area contributed by atoms with Crippen LogP contribution in [0.1, 0.15) is 32.5 Å². The minimum Gasteiger partial charge on any atom is -0.503 e. The molecule has 2 aromatic rings. The Balaban J connectivity index is 1.91. The zero-order valence-electron chi connectivity index (χ0n) is 13.7. The number of hydrogen-bond donors (Lipinski definition) is 2. The maximum atomic E-state index is 12.7. The van der Waals surface area contributed by atoms with Crippen LogP contribution in [0.2, 0.25) is 0 Å². The van der Waals surface area contributed by atoms with Crippen molar-refractivity contribution in [3.63, 3.8) is 0 Å². The Bertz CT molecular complexity index is 952. The number of carboxylic acids is 1. The fourth-order valence-corrected chi connectivity index (χ4v) is 3.60. The third-order valence-electron chi connectivity index (χ3n) is 4.81. The number of pyridine rings is 1. The van der Waals surface area contributed by atoms with Crippen molar-refractivity contribution in [2.75, 3.05) is 13.2 Å². The fourth-order valence-electron chi connectivity index (χ4n) is 3.60. The van der Waals surface area contributed by atoms with Crippen LogP contribution in [0, 0.1) is 0 Å². The third kappa shape index (κ3) is 2.38. The molecule has 1 aromatic carbocycles. The Morgan fingerprint density at radius 3 is 2.65 bits per heavy atom. The molecule has 0 aliphatic carbocycles. The van der Waals surface area contributed by atoms with Gasteiger partial charge in [-0.3, -0.25) is 9.59 Å². The molecule has 0 radical (unpaired) electrons. The van der Waals surface area contributed by atoms with Crippen molar-refractivity contribution < 1.29 is 24.5 Å². The van der Waals surface area contributed by atoms with Gasteiger partial charge in [0.05, 0.1) is 12.6 Å². The van der Waals surface area contributed by atoms with E-state index in [2.05, 4.69) is 0 Å². The van der Waals surface area contributed by atoms with E-state index in [1.807, 2.05) is 30.3 Å². The molecular weight excluding hydrogens is 340 g/mol. The smallest absolute Gasteiger partial charge is 0.341 e. The molecule has 1 saturated heterocycles. The van der Waals surface area contributed by atoms with Crippen LogP contribution >= 0.6 is 0 Å². The van der Waals surface area contributed by atoms with Crippen LogP contribution in [0.3, 0.4) is 0 Å². The Hall–Kier alpha value is -3.13. The number of rotatable bonds is 3. The molecule has 2 aliphatic rings. The lowest BCUT2D eigenvalue weighted by atomic mass is 9.99. The summed E-state index contributed by atoms with van der Waals surface area (Å²) in [7, 11) is 0. The molecule has 1 amide bonds. The molecule has 8 nitrogen and oxygen atoms in total. The van der Waals surface area contributed by atoms with Crippen LogP contribution in [0.25, 0.3) is 0 Å². The zero-order valence-corrected chi connectivity index (χ0v) is 13.7. The summed E-state index contributed by atoms with van der Waals surface area (Å²) >= 11 is 0. The number of fused-ring (bicyclic) bond motifs is 2. The van der Waals surface area contributed by atoms with E-state index in [9.17, 15) is 24.6 Å². The number of aromatic hydroxyl groups is 1. The molecule has 2 atom stereocenters. The first-order chi connectivity index (χ1) is 12.5. The Morgan fingerprint density at radius 1 is 1.23 bits per heavy atom. The van der Waals surface area contributed by atoms with E-state index in [0.717, 1.165) is 11.8 Å². The number of amides is 1. The molecule has 0 saturated carbocycles. The molecule has 3 heterocycles. The van der Waals surface area contributed by atoms with Crippen molar-refractivity contribution in [1.29, 1.82) is 0 Å². The van der Waals surface area contributed by atoms with Gasteiger partial charge in [-0.05, 0) is 12.0 Å². The van der Waals surface area contributed by atoms with Crippen LogP contribution in [-0.2, 0) is 11.2 Å². The molecule has 0 spiro atoms. The van der Waals surface area contributed by atoms with E-state index < -0.39 is 40.9 Å². The first kappa shape index (κ1) is 16.3. The highest BCUT2D eigenvalue weighted by Crippen LogP contribution is 2.35. The molecule has 0 bridgehead atoms. The lowest BCUT2D eigenvalue weighted by molar-refractivity contribution is -0.0151. The fraction of sp³-hybridized carbons (Fsp3) is 0.278. The molecule has 26 heavy (non-hydrogen) atoms. The van der Waals surface area contributed by atoms with Gasteiger partial charge in [-0.2, -0.15) is 0 Å². The first-order valence-corrected chi connectivity index (χ1v) is 8.17. The van der Waals surface area contributed by atoms with Crippen molar-refractivity contribution in [1.82, 2.24) is 9.47 Å². The lowest BCUT2D eigenvalue weighted by Crippen LogP contribution is -2.49. The van der Waals surface area contributed by atoms with E-state index in [-0.39, 0.29) is 5.69 Å². The largest absolute Gasteiger partial charge is 0.503 e. The van der Waals surface area contributed by atoms with Crippen molar-refractivity contribution in [2.45, 2.75) is 18.7 Å². The summed E-state index contributed by atoms with van der Waals surface area (Å²) in [5, 5.41) is 19.5. The van der Waals surface area contributed by atoms with Crippen LogP contribution in [-0.4, -0.2) is 50.9 Å². The second-order valence-corrected chi connectivity index (χ2v) is 6.30. The van der Waals surface area contributed by atoms with E-state index in [1.54, 1.807) is 0 Å². The maximum Gasteiger partial charge on any atom is 0.341 e. The molecule has 1 aromatic heterocycles. The topological polar surface area (TPSA) is 109 Å². The van der Waals surface area contributed by atoms with Crippen LogP contribution in [0.15, 0.2) is 41.3 Å². The van der Waals surface area contributed by atoms with Crippen LogP contribution in [0.5, 0.6) is 5.75 Å². The predicted octanol–water partition coefficient (Wildman–Crippen LogP) is 0.848. The molecular formula is C18H16N2O6. The van der Waals surface area contributed by atoms with Gasteiger partial charge in [0.1, 0.15) is 5.56 Å². The minimum atomic E-state index is -1.46. The second kappa shape index (κ2) is 5.99. The number of carbonyl (C=O) groups excluding carboxylic acids is 1. The molecule has 8 heteroatoms. The summed E-state index contributed by atoms with van der Waals surface area (Å²) in [6.07, 6.45) is 0.993. The SMILES string of the molecule is O=C(O)c1cn2c(c(O)c1=O)C(=O)N1CCOC1[C@@H]2Cc1ccccc1. The molecule has 2 aliphatic heterocycles. The van der Waals surface area contributed by atoms with Gasteiger partial charge in [-0.15, -0.1) is 0 Å².